The van der Waals surface area contributed by atoms with Crippen molar-refractivity contribution in [1.29, 1.82) is 0 Å². The summed E-state index contributed by atoms with van der Waals surface area (Å²) < 4.78 is 0. The molecule has 1 atom stereocenters. The van der Waals surface area contributed by atoms with Crippen LogP contribution in [0.3, 0.4) is 0 Å². The number of rotatable bonds is 5. The number of hydrogen-bond donors (Lipinski definition) is 1. The highest BCUT2D eigenvalue weighted by Crippen LogP contribution is 2.23. The minimum Gasteiger partial charge on any atom is -0.310 e. The first-order valence-corrected chi connectivity index (χ1v) is 7.23. The van der Waals surface area contributed by atoms with E-state index < -0.39 is 0 Å². The molecule has 0 saturated carbocycles. The van der Waals surface area contributed by atoms with Crippen LogP contribution in [0.5, 0.6) is 0 Å². The SMILES string of the molecule is CCNC(Cc1nc(C)c(C)s1)c1ccccc1. The summed E-state index contributed by atoms with van der Waals surface area (Å²) in [5, 5.41) is 4.76. The van der Waals surface area contributed by atoms with E-state index in [-0.39, 0.29) is 0 Å². The average Bonchev–Trinajstić information content (AvgIpc) is 2.69. The van der Waals surface area contributed by atoms with E-state index >= 15 is 0 Å². The maximum absolute atomic E-state index is 4.64. The minimum absolute atomic E-state index is 0.362. The molecule has 1 unspecified atom stereocenters. The standard InChI is InChI=1S/C15H20N2S/c1-4-16-14(13-8-6-5-7-9-13)10-15-17-11(2)12(3)18-15/h5-9,14,16H,4,10H2,1-3H3. The summed E-state index contributed by atoms with van der Waals surface area (Å²) >= 11 is 1.81. The van der Waals surface area contributed by atoms with Gasteiger partial charge in [0.1, 0.15) is 0 Å². The molecule has 18 heavy (non-hydrogen) atoms. The van der Waals surface area contributed by atoms with E-state index in [4.69, 9.17) is 0 Å². The number of thiazole rings is 1. The van der Waals surface area contributed by atoms with Gasteiger partial charge in [-0.1, -0.05) is 37.3 Å². The monoisotopic (exact) mass is 260 g/mol. The van der Waals surface area contributed by atoms with Crippen molar-refractivity contribution >= 4 is 11.3 Å². The Hall–Kier alpha value is -1.19. The van der Waals surface area contributed by atoms with E-state index in [2.05, 4.69) is 61.4 Å². The second kappa shape index (κ2) is 6.12. The summed E-state index contributed by atoms with van der Waals surface area (Å²) in [6.07, 6.45) is 0.969. The van der Waals surface area contributed by atoms with E-state index in [9.17, 15) is 0 Å². The molecule has 0 fully saturated rings. The van der Waals surface area contributed by atoms with Gasteiger partial charge in [-0.2, -0.15) is 0 Å². The van der Waals surface area contributed by atoms with Crippen molar-refractivity contribution < 1.29 is 0 Å². The predicted octanol–water partition coefficient (Wildman–Crippen LogP) is 3.65. The van der Waals surface area contributed by atoms with Crippen molar-refractivity contribution in [3.8, 4) is 0 Å². The zero-order valence-electron chi connectivity index (χ0n) is 11.2. The first-order chi connectivity index (χ1) is 8.70. The third kappa shape index (κ3) is 3.18. The van der Waals surface area contributed by atoms with Crippen LogP contribution < -0.4 is 5.32 Å². The van der Waals surface area contributed by atoms with E-state index in [0.717, 1.165) is 13.0 Å². The van der Waals surface area contributed by atoms with Crippen LogP contribution in [0, 0.1) is 13.8 Å². The van der Waals surface area contributed by atoms with Crippen LogP contribution in [0.15, 0.2) is 30.3 Å². The lowest BCUT2D eigenvalue weighted by atomic mass is 10.0. The molecule has 96 valence electrons. The van der Waals surface area contributed by atoms with Crippen molar-refractivity contribution in [3.05, 3.63) is 51.5 Å². The molecule has 2 aromatic rings. The summed E-state index contributed by atoms with van der Waals surface area (Å²) in [5.74, 6) is 0. The Morgan fingerprint density at radius 2 is 1.94 bits per heavy atom. The van der Waals surface area contributed by atoms with Crippen LogP contribution in [0.25, 0.3) is 0 Å². The number of nitrogens with one attached hydrogen (secondary N) is 1. The van der Waals surface area contributed by atoms with Gasteiger partial charge >= 0.3 is 0 Å². The quantitative estimate of drug-likeness (QED) is 0.887. The van der Waals surface area contributed by atoms with E-state index in [1.54, 1.807) is 0 Å². The molecule has 0 radical (unpaired) electrons. The fourth-order valence-electron chi connectivity index (χ4n) is 2.04. The highest BCUT2D eigenvalue weighted by molar-refractivity contribution is 7.11. The van der Waals surface area contributed by atoms with Gasteiger partial charge in [-0.3, -0.25) is 0 Å². The van der Waals surface area contributed by atoms with E-state index in [1.807, 2.05) is 11.3 Å². The Bertz CT molecular complexity index is 471. The van der Waals surface area contributed by atoms with Gasteiger partial charge in [0.2, 0.25) is 0 Å². The lowest BCUT2D eigenvalue weighted by Gasteiger charge is -2.17. The molecule has 1 heterocycles. The fourth-order valence-corrected chi connectivity index (χ4v) is 3.02. The summed E-state index contributed by atoms with van der Waals surface area (Å²) in [6, 6.07) is 11.0. The number of benzene rings is 1. The van der Waals surface area contributed by atoms with Crippen LogP contribution in [-0.2, 0) is 6.42 Å². The molecule has 2 nitrogen and oxygen atoms in total. The zero-order chi connectivity index (χ0) is 13.0. The lowest BCUT2D eigenvalue weighted by molar-refractivity contribution is 0.548. The van der Waals surface area contributed by atoms with Crippen molar-refractivity contribution in [2.75, 3.05) is 6.54 Å². The van der Waals surface area contributed by atoms with Gasteiger partial charge in [0, 0.05) is 17.3 Å². The predicted molar refractivity (Wildman–Crippen MR) is 78.2 cm³/mol. The van der Waals surface area contributed by atoms with Gasteiger partial charge < -0.3 is 5.32 Å². The van der Waals surface area contributed by atoms with Crippen LogP contribution in [-0.4, -0.2) is 11.5 Å². The molecule has 1 aromatic heterocycles. The van der Waals surface area contributed by atoms with Crippen LogP contribution in [0.4, 0.5) is 0 Å². The first-order valence-electron chi connectivity index (χ1n) is 6.42. The molecule has 3 heteroatoms. The summed E-state index contributed by atoms with van der Waals surface area (Å²) in [4.78, 5) is 5.96. The van der Waals surface area contributed by atoms with Gasteiger partial charge in [-0.25, -0.2) is 4.98 Å². The van der Waals surface area contributed by atoms with Crippen molar-refractivity contribution in [1.82, 2.24) is 10.3 Å². The highest BCUT2D eigenvalue weighted by atomic mass is 32.1. The number of likely N-dealkylation sites (N-methyl/N-ethyl adjacent to an activating group) is 1. The van der Waals surface area contributed by atoms with Crippen LogP contribution >= 0.6 is 11.3 Å². The summed E-state index contributed by atoms with van der Waals surface area (Å²) in [6.45, 7) is 7.35. The fraction of sp³-hybridized carbons (Fsp3) is 0.400. The zero-order valence-corrected chi connectivity index (χ0v) is 12.1. The molecule has 0 aliphatic carbocycles. The summed E-state index contributed by atoms with van der Waals surface area (Å²) in [7, 11) is 0. The topological polar surface area (TPSA) is 24.9 Å². The molecule has 2 rings (SSSR count). The maximum Gasteiger partial charge on any atom is 0.0949 e. The molecule has 0 bridgehead atoms. The number of aromatic nitrogens is 1. The van der Waals surface area contributed by atoms with Crippen molar-refractivity contribution in [2.45, 2.75) is 33.2 Å². The van der Waals surface area contributed by atoms with Gasteiger partial charge in [-0.05, 0) is 26.0 Å². The Balaban J connectivity index is 2.16. The molecule has 1 aromatic carbocycles. The van der Waals surface area contributed by atoms with Gasteiger partial charge in [0.05, 0.1) is 10.7 Å². The molecule has 0 aliphatic heterocycles. The number of hydrogen-bond acceptors (Lipinski definition) is 3. The Kier molecular flexibility index (Phi) is 4.50. The molecular formula is C15H20N2S. The molecule has 0 spiro atoms. The normalized spacial score (nSPS) is 12.6. The lowest BCUT2D eigenvalue weighted by Crippen LogP contribution is -2.22. The van der Waals surface area contributed by atoms with Gasteiger partial charge in [0.15, 0.2) is 0 Å². The Labute approximate surface area is 113 Å². The Morgan fingerprint density at radius 3 is 2.50 bits per heavy atom. The second-order valence-corrected chi connectivity index (χ2v) is 5.76. The highest BCUT2D eigenvalue weighted by Gasteiger charge is 2.13. The van der Waals surface area contributed by atoms with E-state index in [1.165, 1.54) is 21.1 Å². The van der Waals surface area contributed by atoms with Crippen molar-refractivity contribution in [3.63, 3.8) is 0 Å². The second-order valence-electron chi connectivity index (χ2n) is 4.47. The van der Waals surface area contributed by atoms with E-state index in [0.29, 0.717) is 6.04 Å². The molecule has 0 aliphatic rings. The maximum atomic E-state index is 4.64. The molecule has 1 N–H and O–H groups in total. The molecule has 0 amide bonds. The molecular weight excluding hydrogens is 240 g/mol. The number of aryl methyl sites for hydroxylation is 2. The van der Waals surface area contributed by atoms with Gasteiger partial charge in [0.25, 0.3) is 0 Å². The summed E-state index contributed by atoms with van der Waals surface area (Å²) in [5.41, 5.74) is 2.50. The largest absolute Gasteiger partial charge is 0.310 e. The number of nitrogens with zero attached hydrogens (tertiary/aromatic N) is 1. The third-order valence-electron chi connectivity index (χ3n) is 3.10. The molecule has 0 saturated heterocycles. The van der Waals surface area contributed by atoms with Crippen LogP contribution in [0.1, 0.15) is 34.1 Å². The third-order valence-corrected chi connectivity index (χ3v) is 4.20. The smallest absolute Gasteiger partial charge is 0.0949 e. The first kappa shape index (κ1) is 13.2. The Morgan fingerprint density at radius 1 is 1.22 bits per heavy atom. The van der Waals surface area contributed by atoms with Crippen LogP contribution in [0.2, 0.25) is 0 Å². The minimum atomic E-state index is 0.362. The van der Waals surface area contributed by atoms with Crippen molar-refractivity contribution in [2.24, 2.45) is 0 Å². The van der Waals surface area contributed by atoms with Gasteiger partial charge in [-0.15, -0.1) is 11.3 Å². The average molecular weight is 260 g/mol.